The number of amides is 3. The van der Waals surface area contributed by atoms with Crippen molar-refractivity contribution in [3.63, 3.8) is 0 Å². The first-order chi connectivity index (χ1) is 19.5. The Bertz CT molecular complexity index is 1390. The second-order valence-electron chi connectivity index (χ2n) is 11.6. The highest BCUT2D eigenvalue weighted by molar-refractivity contribution is 5.91. The Morgan fingerprint density at radius 1 is 0.976 bits per heavy atom. The topological polar surface area (TPSA) is 139 Å². The van der Waals surface area contributed by atoms with Crippen LogP contribution in [0.5, 0.6) is 0 Å². The number of nitrogens with zero attached hydrogens (tertiary/aromatic N) is 2. The minimum absolute atomic E-state index is 0.240. The third kappa shape index (κ3) is 6.25. The van der Waals surface area contributed by atoms with Gasteiger partial charge in [-0.05, 0) is 58.2 Å². The van der Waals surface area contributed by atoms with E-state index in [1.165, 1.54) is 5.01 Å². The summed E-state index contributed by atoms with van der Waals surface area (Å²) >= 11 is 0. The van der Waals surface area contributed by atoms with E-state index < -0.39 is 35.5 Å². The molecule has 1 aromatic carbocycles. The van der Waals surface area contributed by atoms with Gasteiger partial charge >= 0.3 is 5.97 Å². The van der Waals surface area contributed by atoms with Crippen molar-refractivity contribution in [1.82, 2.24) is 26.1 Å². The van der Waals surface area contributed by atoms with Gasteiger partial charge in [0.25, 0.3) is 11.8 Å². The molecular weight excluding hydrogens is 526 g/mol. The molecule has 3 amide bonds. The molecule has 3 N–H and O–H groups in total. The first-order valence-electron chi connectivity index (χ1n) is 14.1. The molecule has 218 valence electrons. The van der Waals surface area contributed by atoms with Gasteiger partial charge in [0, 0.05) is 11.9 Å². The number of ether oxygens (including phenoxy) is 2. The third-order valence-electron chi connectivity index (χ3n) is 7.84. The maximum absolute atomic E-state index is 13.3. The lowest BCUT2D eigenvalue weighted by molar-refractivity contribution is -0.177. The van der Waals surface area contributed by atoms with Crippen molar-refractivity contribution in [3.8, 4) is 0 Å². The van der Waals surface area contributed by atoms with Crippen LogP contribution >= 0.6 is 0 Å². The number of rotatable bonds is 1. The van der Waals surface area contributed by atoms with Gasteiger partial charge in [-0.25, -0.2) is 5.43 Å². The minimum Gasteiger partial charge on any atom is -0.451 e. The largest absolute Gasteiger partial charge is 0.451 e. The minimum atomic E-state index is -1.11. The van der Waals surface area contributed by atoms with Gasteiger partial charge < -0.3 is 20.1 Å². The summed E-state index contributed by atoms with van der Waals surface area (Å²) < 4.78 is 11.0. The van der Waals surface area contributed by atoms with Crippen molar-refractivity contribution >= 4 is 40.7 Å². The summed E-state index contributed by atoms with van der Waals surface area (Å²) in [6.07, 6.45) is 3.63. The number of benzene rings is 1. The fraction of sp³-hybridized carbons (Fsp3) is 0.500. The molecule has 0 aliphatic carbocycles. The van der Waals surface area contributed by atoms with E-state index in [-0.39, 0.29) is 37.0 Å². The Morgan fingerprint density at radius 2 is 1.71 bits per heavy atom. The quantitative estimate of drug-likeness (QED) is 0.448. The van der Waals surface area contributed by atoms with Crippen LogP contribution in [0.4, 0.5) is 0 Å². The number of nitrogens with one attached hydrogen (secondary N) is 3. The zero-order chi connectivity index (χ0) is 29.3. The molecular formula is C30H37N5O6. The van der Waals surface area contributed by atoms with Gasteiger partial charge in [-0.1, -0.05) is 30.4 Å². The molecule has 11 heteroatoms. The van der Waals surface area contributed by atoms with E-state index in [0.29, 0.717) is 25.1 Å². The molecule has 2 saturated heterocycles. The maximum Gasteiger partial charge on any atom is 0.316 e. The highest BCUT2D eigenvalue weighted by Crippen LogP contribution is 2.27. The first-order valence-corrected chi connectivity index (χ1v) is 14.1. The SMILES string of the molecule is C[C@@H]1NC(=O)[C@H](C2COC2)OC(=O)C(C)(C)/C=C/c2ccc3ccc(nc3c2)[C@@H](C)NC(=O)[C@@H]2CCCN(N2)C1=O. The summed E-state index contributed by atoms with van der Waals surface area (Å²) in [7, 11) is 0. The van der Waals surface area contributed by atoms with Crippen molar-refractivity contribution in [2.45, 2.75) is 64.8 Å². The van der Waals surface area contributed by atoms with E-state index in [1.807, 2.05) is 43.3 Å². The standard InChI is InChI=1S/C30H37N5O6/c1-17-22-10-9-20-8-7-19(14-24(20)33-22)11-12-30(3,4)29(39)41-25(21-15-40-16-21)27(37)32-18(2)28(38)35-13-5-6-23(34-35)26(36)31-17/h7-12,14,17-18,21,23,25,34H,5-6,13,15-16H2,1-4H3,(H,31,36)(H,32,37)/b12-11+/t17-,18+,23+,25+/m1/s1. The molecule has 2 fully saturated rings. The number of carbonyl (C=O) groups excluding carboxylic acids is 4. The number of fused-ring (bicyclic) bond motifs is 4. The number of aromatic nitrogens is 1. The molecule has 0 radical (unpaired) electrons. The molecule has 5 rings (SSSR count). The Hall–Kier alpha value is -3.83. The van der Waals surface area contributed by atoms with E-state index in [1.54, 1.807) is 26.8 Å². The molecule has 41 heavy (non-hydrogen) atoms. The molecule has 0 spiro atoms. The Morgan fingerprint density at radius 3 is 2.44 bits per heavy atom. The molecule has 3 aliphatic heterocycles. The first kappa shape index (κ1) is 28.7. The maximum atomic E-state index is 13.3. The van der Waals surface area contributed by atoms with Crippen LogP contribution in [-0.2, 0) is 28.7 Å². The average Bonchev–Trinajstić information content (AvgIpc) is 2.93. The van der Waals surface area contributed by atoms with Crippen LogP contribution in [0, 0.1) is 11.3 Å². The van der Waals surface area contributed by atoms with E-state index in [4.69, 9.17) is 14.5 Å². The third-order valence-corrected chi connectivity index (χ3v) is 7.84. The second kappa shape index (κ2) is 11.6. The van der Waals surface area contributed by atoms with E-state index in [0.717, 1.165) is 16.5 Å². The normalized spacial score (nSPS) is 28.8. The summed E-state index contributed by atoms with van der Waals surface area (Å²) in [5.41, 5.74) is 4.27. The van der Waals surface area contributed by atoms with Crippen molar-refractivity contribution in [1.29, 1.82) is 0 Å². The number of hydrogen-bond donors (Lipinski definition) is 3. The fourth-order valence-corrected chi connectivity index (χ4v) is 5.04. The summed E-state index contributed by atoms with van der Waals surface area (Å²) in [5, 5.41) is 8.04. The van der Waals surface area contributed by atoms with Crippen LogP contribution in [0.25, 0.3) is 17.0 Å². The monoisotopic (exact) mass is 563 g/mol. The van der Waals surface area contributed by atoms with Crippen LogP contribution in [0.15, 0.2) is 36.4 Å². The van der Waals surface area contributed by atoms with Crippen molar-refractivity contribution in [3.05, 3.63) is 47.7 Å². The number of carbonyl (C=O) groups is 4. The molecule has 2 aromatic rings. The molecule has 3 aliphatic rings. The molecule has 0 unspecified atom stereocenters. The Balaban J connectivity index is 1.48. The summed E-state index contributed by atoms with van der Waals surface area (Å²) in [4.78, 5) is 57.8. The summed E-state index contributed by atoms with van der Waals surface area (Å²) in [6, 6.07) is 7.74. The van der Waals surface area contributed by atoms with E-state index in [9.17, 15) is 19.2 Å². The van der Waals surface area contributed by atoms with Crippen molar-refractivity contribution in [2.75, 3.05) is 19.8 Å². The van der Waals surface area contributed by atoms with Gasteiger partial charge in [0.1, 0.15) is 12.1 Å². The van der Waals surface area contributed by atoms with Crippen LogP contribution in [0.3, 0.4) is 0 Å². The van der Waals surface area contributed by atoms with Gasteiger partial charge in [-0.3, -0.25) is 29.2 Å². The summed E-state index contributed by atoms with van der Waals surface area (Å²) in [5.74, 6) is -2.07. The molecule has 5 bridgehead atoms. The molecule has 1 aromatic heterocycles. The zero-order valence-corrected chi connectivity index (χ0v) is 23.8. The van der Waals surface area contributed by atoms with Crippen molar-refractivity contribution in [2.24, 2.45) is 11.3 Å². The van der Waals surface area contributed by atoms with Gasteiger partial charge in [0.2, 0.25) is 5.91 Å². The predicted molar refractivity (Wildman–Crippen MR) is 151 cm³/mol. The van der Waals surface area contributed by atoms with Crippen LogP contribution in [0.2, 0.25) is 0 Å². The van der Waals surface area contributed by atoms with Crippen LogP contribution in [0.1, 0.15) is 57.8 Å². The number of hydrazine groups is 1. The predicted octanol–water partition coefficient (Wildman–Crippen LogP) is 2.02. The van der Waals surface area contributed by atoms with Crippen molar-refractivity contribution < 1.29 is 28.7 Å². The fourth-order valence-electron chi connectivity index (χ4n) is 5.04. The van der Waals surface area contributed by atoms with E-state index >= 15 is 0 Å². The van der Waals surface area contributed by atoms with Gasteiger partial charge in [0.15, 0.2) is 6.10 Å². The van der Waals surface area contributed by atoms with Gasteiger partial charge in [-0.15, -0.1) is 0 Å². The smallest absolute Gasteiger partial charge is 0.316 e. The highest BCUT2D eigenvalue weighted by atomic mass is 16.6. The second-order valence-corrected chi connectivity index (χ2v) is 11.6. The lowest BCUT2D eigenvalue weighted by atomic mass is 9.91. The number of esters is 1. The number of pyridine rings is 1. The van der Waals surface area contributed by atoms with Crippen LogP contribution < -0.4 is 16.1 Å². The number of hydrogen-bond acceptors (Lipinski definition) is 8. The average molecular weight is 564 g/mol. The Kier molecular flexibility index (Phi) is 8.10. The lowest BCUT2D eigenvalue weighted by Crippen LogP contribution is -2.61. The summed E-state index contributed by atoms with van der Waals surface area (Å²) in [6.45, 7) is 7.83. The molecule has 4 heterocycles. The Labute approximate surface area is 239 Å². The zero-order valence-electron chi connectivity index (χ0n) is 23.8. The van der Waals surface area contributed by atoms with Crippen LogP contribution in [-0.4, -0.2) is 71.6 Å². The highest BCUT2D eigenvalue weighted by Gasteiger charge is 2.41. The van der Waals surface area contributed by atoms with Gasteiger partial charge in [-0.2, -0.15) is 0 Å². The molecule has 11 nitrogen and oxygen atoms in total. The molecule has 4 atom stereocenters. The lowest BCUT2D eigenvalue weighted by Gasteiger charge is -2.36. The van der Waals surface area contributed by atoms with Gasteiger partial charge in [0.05, 0.1) is 41.8 Å². The molecule has 0 saturated carbocycles. The van der Waals surface area contributed by atoms with E-state index in [2.05, 4.69) is 16.1 Å². The number of cyclic esters (lactones) is 1.